The molecule has 2 aromatic rings. The maximum absolute atomic E-state index is 12.2. The minimum Gasteiger partial charge on any atom is -0.244 e. The highest BCUT2D eigenvalue weighted by atomic mass is 79.9. The fourth-order valence-electron chi connectivity index (χ4n) is 1.71. The summed E-state index contributed by atoms with van der Waals surface area (Å²) in [4.78, 5) is 3.88. The van der Waals surface area contributed by atoms with E-state index in [4.69, 9.17) is 5.14 Å². The normalized spacial score (nSPS) is 12.7. The molecule has 0 bridgehead atoms. The van der Waals surface area contributed by atoms with Gasteiger partial charge < -0.3 is 0 Å². The smallest absolute Gasteiger partial charge is 0.210 e. The van der Waals surface area contributed by atoms with Crippen LogP contribution < -0.4 is 5.14 Å². The van der Waals surface area contributed by atoms with Gasteiger partial charge in [-0.2, -0.15) is 0 Å². The maximum Gasteiger partial charge on any atom is 0.210 e. The lowest BCUT2D eigenvalue weighted by Gasteiger charge is -2.07. The van der Waals surface area contributed by atoms with E-state index in [1.54, 1.807) is 24.3 Å². The van der Waals surface area contributed by atoms with Crippen molar-refractivity contribution in [1.29, 1.82) is 0 Å². The van der Waals surface area contributed by atoms with Gasteiger partial charge in [-0.1, -0.05) is 28.1 Å². The molecule has 9 heteroatoms. The van der Waals surface area contributed by atoms with Gasteiger partial charge in [0.1, 0.15) is 0 Å². The summed E-state index contributed by atoms with van der Waals surface area (Å²) in [5, 5.41) is 5.83. The van der Waals surface area contributed by atoms with E-state index >= 15 is 0 Å². The van der Waals surface area contributed by atoms with Crippen LogP contribution >= 0.6 is 15.9 Å². The molecule has 6 nitrogen and oxygen atoms in total. The van der Waals surface area contributed by atoms with Gasteiger partial charge in [-0.15, -0.1) is 0 Å². The van der Waals surface area contributed by atoms with Gasteiger partial charge in [0.25, 0.3) is 0 Å². The standard InChI is InChI=1S/C11H11BrN2O4S2/c12-10-3-1-2-9-8(10)4-5-14-11(9)19(15,16)6-7-20(13,17)18/h1-5H,6-7H2,(H2,13,17,18). The quantitative estimate of drug-likeness (QED) is 0.855. The number of sulfonamides is 1. The first-order valence-electron chi connectivity index (χ1n) is 5.47. The molecule has 108 valence electrons. The highest BCUT2D eigenvalue weighted by molar-refractivity contribution is 9.10. The summed E-state index contributed by atoms with van der Waals surface area (Å²) in [6.45, 7) is 0. The Balaban J connectivity index is 2.55. The van der Waals surface area contributed by atoms with Crippen molar-refractivity contribution in [3.63, 3.8) is 0 Å². The Morgan fingerprint density at radius 1 is 1.05 bits per heavy atom. The van der Waals surface area contributed by atoms with Crippen LogP contribution in [0.25, 0.3) is 10.8 Å². The highest BCUT2D eigenvalue weighted by Crippen LogP contribution is 2.27. The van der Waals surface area contributed by atoms with E-state index in [1.165, 1.54) is 6.20 Å². The van der Waals surface area contributed by atoms with Crippen LogP contribution in [0.15, 0.2) is 40.0 Å². The van der Waals surface area contributed by atoms with Crippen molar-refractivity contribution in [3.8, 4) is 0 Å². The molecule has 0 aliphatic carbocycles. The van der Waals surface area contributed by atoms with Crippen LogP contribution in [0.4, 0.5) is 0 Å². The molecular formula is C11H11BrN2O4S2. The second-order valence-corrected chi connectivity index (χ2v) is 8.75. The summed E-state index contributed by atoms with van der Waals surface area (Å²) in [7, 11) is -7.67. The molecule has 2 N–H and O–H groups in total. The number of hydrogen-bond donors (Lipinski definition) is 1. The van der Waals surface area contributed by atoms with Gasteiger partial charge in [0.15, 0.2) is 14.9 Å². The van der Waals surface area contributed by atoms with E-state index in [2.05, 4.69) is 20.9 Å². The van der Waals surface area contributed by atoms with Crippen molar-refractivity contribution in [2.24, 2.45) is 5.14 Å². The van der Waals surface area contributed by atoms with Crippen LogP contribution in [0.3, 0.4) is 0 Å². The third kappa shape index (κ3) is 3.35. The number of hydrogen-bond acceptors (Lipinski definition) is 5. The molecule has 0 saturated heterocycles. The van der Waals surface area contributed by atoms with Crippen LogP contribution in [0.5, 0.6) is 0 Å². The predicted molar refractivity (Wildman–Crippen MR) is 79.5 cm³/mol. The predicted octanol–water partition coefficient (Wildman–Crippen LogP) is 1.06. The molecule has 0 saturated carbocycles. The molecule has 0 aliphatic heterocycles. The fraction of sp³-hybridized carbons (Fsp3) is 0.182. The topological polar surface area (TPSA) is 107 Å². The van der Waals surface area contributed by atoms with Crippen molar-refractivity contribution in [2.45, 2.75) is 5.03 Å². The second-order valence-electron chi connectivity index (χ2n) is 4.14. The summed E-state index contributed by atoms with van der Waals surface area (Å²) in [6.07, 6.45) is 1.37. The molecule has 0 atom stereocenters. The fourth-order valence-corrected chi connectivity index (χ4v) is 4.95. The highest BCUT2D eigenvalue weighted by Gasteiger charge is 2.21. The van der Waals surface area contributed by atoms with Gasteiger partial charge >= 0.3 is 0 Å². The van der Waals surface area contributed by atoms with Gasteiger partial charge in [0.05, 0.1) is 11.5 Å². The molecule has 1 aromatic carbocycles. The SMILES string of the molecule is NS(=O)(=O)CCS(=O)(=O)c1nccc2c(Br)cccc12. The van der Waals surface area contributed by atoms with Crippen molar-refractivity contribution in [2.75, 3.05) is 11.5 Å². The van der Waals surface area contributed by atoms with E-state index < -0.39 is 31.4 Å². The van der Waals surface area contributed by atoms with E-state index in [-0.39, 0.29) is 5.03 Å². The van der Waals surface area contributed by atoms with Gasteiger partial charge in [-0.3, -0.25) is 0 Å². The first-order valence-corrected chi connectivity index (χ1v) is 9.63. The molecular weight excluding hydrogens is 368 g/mol. The lowest BCUT2D eigenvalue weighted by Crippen LogP contribution is -2.23. The number of primary sulfonamides is 1. The Morgan fingerprint density at radius 2 is 1.75 bits per heavy atom. The zero-order valence-corrected chi connectivity index (χ0v) is 13.4. The van der Waals surface area contributed by atoms with Crippen LogP contribution in [0.1, 0.15) is 0 Å². The average molecular weight is 379 g/mol. The van der Waals surface area contributed by atoms with E-state index in [1.807, 2.05) is 0 Å². The summed E-state index contributed by atoms with van der Waals surface area (Å²) >= 11 is 3.33. The molecule has 0 spiro atoms. The lowest BCUT2D eigenvalue weighted by molar-refractivity contribution is 0.587. The Kier molecular flexibility index (Phi) is 4.14. The monoisotopic (exact) mass is 378 g/mol. The maximum atomic E-state index is 12.2. The average Bonchev–Trinajstić information content (AvgIpc) is 2.36. The summed E-state index contributed by atoms with van der Waals surface area (Å²) < 4.78 is 47.0. The number of halogens is 1. The molecule has 0 fully saturated rings. The van der Waals surface area contributed by atoms with Crippen LogP contribution in [-0.2, 0) is 19.9 Å². The minimum atomic E-state index is -3.84. The van der Waals surface area contributed by atoms with Crippen LogP contribution in [0, 0.1) is 0 Å². The van der Waals surface area contributed by atoms with Crippen LogP contribution in [-0.4, -0.2) is 33.3 Å². The number of rotatable bonds is 4. The molecule has 20 heavy (non-hydrogen) atoms. The molecule has 0 amide bonds. The second kappa shape index (κ2) is 5.40. The number of sulfone groups is 1. The Bertz CT molecular complexity index is 863. The van der Waals surface area contributed by atoms with Crippen molar-refractivity contribution >= 4 is 46.6 Å². The third-order valence-electron chi connectivity index (χ3n) is 2.65. The van der Waals surface area contributed by atoms with E-state index in [0.29, 0.717) is 10.8 Å². The lowest BCUT2D eigenvalue weighted by atomic mass is 10.2. The first kappa shape index (κ1) is 15.4. The summed E-state index contributed by atoms with van der Waals surface area (Å²) in [5.74, 6) is -1.23. The number of pyridine rings is 1. The molecule has 0 aliphatic rings. The Labute approximate surface area is 125 Å². The molecule has 0 unspecified atom stereocenters. The van der Waals surface area contributed by atoms with Crippen molar-refractivity contribution in [1.82, 2.24) is 4.98 Å². The molecule has 2 rings (SSSR count). The van der Waals surface area contributed by atoms with Gasteiger partial charge in [-0.05, 0) is 12.1 Å². The summed E-state index contributed by atoms with van der Waals surface area (Å²) in [6, 6.07) is 6.77. The van der Waals surface area contributed by atoms with Gasteiger partial charge in [0.2, 0.25) is 10.0 Å². The number of aromatic nitrogens is 1. The molecule has 1 aromatic heterocycles. The molecule has 0 radical (unpaired) electrons. The van der Waals surface area contributed by atoms with E-state index in [0.717, 1.165) is 4.47 Å². The largest absolute Gasteiger partial charge is 0.244 e. The third-order valence-corrected chi connectivity index (χ3v) is 6.03. The van der Waals surface area contributed by atoms with Crippen molar-refractivity contribution < 1.29 is 16.8 Å². The number of nitrogens with zero attached hydrogens (tertiary/aromatic N) is 1. The number of benzene rings is 1. The zero-order chi connectivity index (χ0) is 15.0. The minimum absolute atomic E-state index is 0.139. The van der Waals surface area contributed by atoms with Gasteiger partial charge in [0, 0.05) is 21.4 Å². The van der Waals surface area contributed by atoms with E-state index in [9.17, 15) is 16.8 Å². The summed E-state index contributed by atoms with van der Waals surface area (Å²) in [5.41, 5.74) is 0. The number of nitrogens with two attached hydrogens (primary N) is 1. The Morgan fingerprint density at radius 3 is 2.40 bits per heavy atom. The zero-order valence-electron chi connectivity index (χ0n) is 10.2. The Hall–Kier alpha value is -1.03. The van der Waals surface area contributed by atoms with Gasteiger partial charge in [-0.25, -0.2) is 27.0 Å². The number of fused-ring (bicyclic) bond motifs is 1. The van der Waals surface area contributed by atoms with Crippen LogP contribution in [0.2, 0.25) is 0 Å². The van der Waals surface area contributed by atoms with Crippen molar-refractivity contribution in [3.05, 3.63) is 34.9 Å². The first-order chi connectivity index (χ1) is 9.21. The molecule has 1 heterocycles.